The van der Waals surface area contributed by atoms with Gasteiger partial charge in [0.1, 0.15) is 0 Å². The molecule has 3 N–H and O–H groups in total. The third-order valence-electron chi connectivity index (χ3n) is 0. The molecule has 0 rings (SSSR count). The molecule has 0 unspecified atom stereocenters. The first-order valence-electron chi connectivity index (χ1n) is 4.24. The molecule has 0 atom stereocenters. The number of rotatable bonds is 0. The van der Waals surface area contributed by atoms with Crippen molar-refractivity contribution in [3.05, 3.63) is 0 Å². The Bertz CT molecular complexity index is 48.5. The van der Waals surface area contributed by atoms with Crippen LogP contribution in [0.3, 0.4) is 0 Å². The minimum absolute atomic E-state index is 0. The van der Waals surface area contributed by atoms with Crippen LogP contribution in [-0.4, -0.2) is 93.4 Å². The van der Waals surface area contributed by atoms with Gasteiger partial charge in [-0.05, 0) is 41.5 Å². The average Bonchev–Trinajstić information content (AvgIpc) is 1.54. The van der Waals surface area contributed by atoms with Crippen molar-refractivity contribution in [2.45, 2.75) is 59.9 Å². The molecule has 0 spiro atoms. The van der Waals surface area contributed by atoms with Crippen LogP contribution in [-0.2, 0) is 0 Å². The predicted octanol–water partition coefficient (Wildman–Crippen LogP) is -0.671. The first-order valence-corrected chi connectivity index (χ1v) is 4.24. The summed E-state index contributed by atoms with van der Waals surface area (Å²) in [6.45, 7) is 10.3. The van der Waals surface area contributed by atoms with Gasteiger partial charge in [0, 0.05) is 18.3 Å². The number of aliphatic hydroxyl groups excluding tert-OH is 3. The van der Waals surface area contributed by atoms with Crippen molar-refractivity contribution in [2.75, 3.05) is 0 Å². The molecule has 0 bridgehead atoms. The fraction of sp³-hybridized carbons (Fsp3) is 1.00. The van der Waals surface area contributed by atoms with E-state index in [0.29, 0.717) is 0 Å². The summed E-state index contributed by atoms with van der Waals surface area (Å²) in [4.78, 5) is 0. The van der Waals surface area contributed by atoms with Gasteiger partial charge in [-0.3, -0.25) is 0 Å². The van der Waals surface area contributed by atoms with Crippen molar-refractivity contribution < 1.29 is 15.3 Å². The Morgan fingerprint density at radius 2 is 0.571 bits per heavy atom. The van der Waals surface area contributed by atoms with Crippen LogP contribution in [0.2, 0.25) is 0 Å². The summed E-state index contributed by atoms with van der Waals surface area (Å²) in [5.41, 5.74) is 0. The van der Waals surface area contributed by atoms with Crippen LogP contribution >= 0.6 is 0 Å². The van der Waals surface area contributed by atoms with Crippen molar-refractivity contribution in [3.63, 3.8) is 0 Å². The zero-order valence-electron chi connectivity index (χ0n) is 9.07. The quantitative estimate of drug-likeness (QED) is 0.487. The Balaban J connectivity index is -0.0000000270. The first-order chi connectivity index (χ1) is 5.20. The summed E-state index contributed by atoms with van der Waals surface area (Å²) in [7, 11) is 0. The van der Waals surface area contributed by atoms with E-state index in [0.717, 1.165) is 0 Å². The summed E-state index contributed by atoms with van der Waals surface area (Å²) in [6.07, 6.45) is -0.500. The number of hydrogen-bond donors (Lipinski definition) is 3. The minimum atomic E-state index is -0.167. The Labute approximate surface area is 133 Å². The van der Waals surface area contributed by atoms with Crippen molar-refractivity contribution >= 4 is 59.8 Å². The third kappa shape index (κ3) is 860. The molecule has 0 aromatic rings. The van der Waals surface area contributed by atoms with E-state index < -0.39 is 0 Å². The molecule has 0 saturated carbocycles. The van der Waals surface area contributed by atoms with Crippen LogP contribution in [0.4, 0.5) is 0 Å². The molecule has 0 heterocycles. The van der Waals surface area contributed by atoms with Crippen LogP contribution in [0.1, 0.15) is 41.5 Å². The van der Waals surface area contributed by atoms with E-state index in [1.54, 1.807) is 41.5 Å². The predicted molar refractivity (Wildman–Crippen MR) is 69.2 cm³/mol. The van der Waals surface area contributed by atoms with Crippen LogP contribution in [0.15, 0.2) is 0 Å². The molecule has 3 nitrogen and oxygen atoms in total. The number of aliphatic hydroxyl groups is 3. The van der Waals surface area contributed by atoms with Gasteiger partial charge in [0.05, 0.1) is 8.41 Å². The molecule has 0 amide bonds. The van der Waals surface area contributed by atoms with Gasteiger partial charge in [-0.2, -0.15) is 0 Å². The van der Waals surface area contributed by atoms with Gasteiger partial charge in [-0.1, -0.05) is 0 Å². The van der Waals surface area contributed by atoms with Gasteiger partial charge in [0.2, 0.25) is 0 Å². The van der Waals surface area contributed by atoms with E-state index in [1.165, 1.54) is 0 Å². The fourth-order valence-electron chi connectivity index (χ4n) is 0. The Morgan fingerprint density at radius 1 is 0.571 bits per heavy atom. The van der Waals surface area contributed by atoms with E-state index in [4.69, 9.17) is 15.3 Å². The molecule has 0 aliphatic rings. The van der Waals surface area contributed by atoms with E-state index in [2.05, 4.69) is 0 Å². The van der Waals surface area contributed by atoms with E-state index >= 15 is 0 Å². The molecule has 5 heteroatoms. The summed E-state index contributed by atoms with van der Waals surface area (Å²) in [6, 6.07) is 0. The Morgan fingerprint density at radius 3 is 0.571 bits per heavy atom. The van der Waals surface area contributed by atoms with Gasteiger partial charge < -0.3 is 15.3 Å². The average molecular weight is 234 g/mol. The SMILES string of the molecule is B.CC(C)O.CC(C)O.CC(C)O.[KH]. The molecular formula is C9H28BKO3. The van der Waals surface area contributed by atoms with Crippen molar-refractivity contribution in [3.8, 4) is 0 Å². The summed E-state index contributed by atoms with van der Waals surface area (Å²) < 4.78 is 0. The maximum absolute atomic E-state index is 8.06. The van der Waals surface area contributed by atoms with E-state index in [1.807, 2.05) is 0 Å². The van der Waals surface area contributed by atoms with Gasteiger partial charge in [-0.15, -0.1) is 0 Å². The summed E-state index contributed by atoms with van der Waals surface area (Å²) >= 11 is 0. The van der Waals surface area contributed by atoms with Crippen molar-refractivity contribution in [1.29, 1.82) is 0 Å². The van der Waals surface area contributed by atoms with Gasteiger partial charge >= 0.3 is 51.4 Å². The summed E-state index contributed by atoms with van der Waals surface area (Å²) in [5, 5.41) is 24.2. The third-order valence-corrected chi connectivity index (χ3v) is 0. The molecule has 0 aromatic carbocycles. The second-order valence-electron chi connectivity index (χ2n) is 3.28. The zero-order valence-corrected chi connectivity index (χ0v) is 9.07. The number of hydrogen-bond acceptors (Lipinski definition) is 3. The topological polar surface area (TPSA) is 60.7 Å². The van der Waals surface area contributed by atoms with Gasteiger partial charge in [-0.25, -0.2) is 0 Å². The monoisotopic (exact) mass is 234 g/mol. The molecule has 0 saturated heterocycles. The van der Waals surface area contributed by atoms with Crippen LogP contribution in [0, 0.1) is 0 Å². The molecule has 86 valence electrons. The first kappa shape index (κ1) is 29.6. The van der Waals surface area contributed by atoms with Crippen molar-refractivity contribution in [2.24, 2.45) is 0 Å². The standard InChI is InChI=1S/3C3H8O.BH3.K.H/c3*1-3(2)4;;;/h3*3-4H,1-2H3;1H3;;. The van der Waals surface area contributed by atoms with Crippen LogP contribution in [0.25, 0.3) is 0 Å². The Hall–Kier alpha value is 1.58. The zero-order chi connectivity index (χ0) is 10.7. The van der Waals surface area contributed by atoms with Crippen LogP contribution < -0.4 is 0 Å². The maximum atomic E-state index is 8.06. The van der Waals surface area contributed by atoms with E-state index in [9.17, 15) is 0 Å². The molecule has 0 aromatic heterocycles. The second-order valence-corrected chi connectivity index (χ2v) is 3.28. The normalized spacial score (nSPS) is 7.71. The van der Waals surface area contributed by atoms with Gasteiger partial charge in [0.25, 0.3) is 0 Å². The van der Waals surface area contributed by atoms with Crippen LogP contribution in [0.5, 0.6) is 0 Å². The fourth-order valence-corrected chi connectivity index (χ4v) is 0. The molecule has 0 aliphatic carbocycles. The molecule has 14 heavy (non-hydrogen) atoms. The second kappa shape index (κ2) is 24.0. The Kier molecular flexibility index (Phi) is 50.8. The molecular weight excluding hydrogens is 206 g/mol. The molecule has 0 fully saturated rings. The molecule has 0 radical (unpaired) electrons. The summed E-state index contributed by atoms with van der Waals surface area (Å²) in [5.74, 6) is 0. The van der Waals surface area contributed by atoms with Gasteiger partial charge in [0.15, 0.2) is 0 Å². The van der Waals surface area contributed by atoms with Crippen molar-refractivity contribution in [1.82, 2.24) is 0 Å². The molecule has 0 aliphatic heterocycles. The van der Waals surface area contributed by atoms with E-state index in [-0.39, 0.29) is 78.1 Å².